The van der Waals surface area contributed by atoms with Crippen LogP contribution in [0.4, 0.5) is 0 Å². The number of carbonyl (C=O) groups excluding carboxylic acids is 1. The van der Waals surface area contributed by atoms with Crippen molar-refractivity contribution in [2.24, 2.45) is 5.73 Å². The van der Waals surface area contributed by atoms with Crippen LogP contribution in [0.1, 0.15) is 12.5 Å². The molecule has 0 saturated carbocycles. The fourth-order valence-electron chi connectivity index (χ4n) is 3.45. The second-order valence-corrected chi connectivity index (χ2v) is 10.8. The lowest BCUT2D eigenvalue weighted by Gasteiger charge is -2.26. The van der Waals surface area contributed by atoms with E-state index in [4.69, 9.17) is 10.5 Å². The fourth-order valence-corrected chi connectivity index (χ4v) is 5.70. The number of amides is 1. The van der Waals surface area contributed by atoms with Gasteiger partial charge in [-0.25, -0.2) is 8.42 Å². The van der Waals surface area contributed by atoms with E-state index in [0.717, 1.165) is 5.56 Å². The zero-order chi connectivity index (χ0) is 23.4. The van der Waals surface area contributed by atoms with Gasteiger partial charge in [-0.2, -0.15) is 4.31 Å². The van der Waals surface area contributed by atoms with Gasteiger partial charge in [0.05, 0.1) is 29.9 Å². The van der Waals surface area contributed by atoms with Crippen LogP contribution in [0, 0.1) is 0 Å². The SMILES string of the molecule is CC(Sc1nnc(-c2cccc(S(=O)(=O)N3CCOCC3)c2)n1Cc1ccccc1)C(N)=O. The monoisotopic (exact) mass is 487 g/mol. The van der Waals surface area contributed by atoms with E-state index in [2.05, 4.69) is 10.2 Å². The number of morpholine rings is 1. The van der Waals surface area contributed by atoms with E-state index < -0.39 is 21.2 Å². The van der Waals surface area contributed by atoms with Crippen molar-refractivity contribution < 1.29 is 17.9 Å². The molecule has 0 spiro atoms. The Bertz CT molecular complexity index is 1220. The average Bonchev–Trinajstić information content (AvgIpc) is 3.22. The maximum absolute atomic E-state index is 13.1. The van der Waals surface area contributed by atoms with Crippen molar-refractivity contribution in [3.63, 3.8) is 0 Å². The first-order chi connectivity index (χ1) is 15.9. The van der Waals surface area contributed by atoms with Gasteiger partial charge in [-0.05, 0) is 24.6 Å². The molecular weight excluding hydrogens is 462 g/mol. The van der Waals surface area contributed by atoms with E-state index in [0.29, 0.717) is 49.4 Å². The van der Waals surface area contributed by atoms with E-state index >= 15 is 0 Å². The number of nitrogens with zero attached hydrogens (tertiary/aromatic N) is 4. The van der Waals surface area contributed by atoms with Crippen LogP contribution in [0.5, 0.6) is 0 Å². The number of ether oxygens (including phenoxy) is 1. The number of benzene rings is 2. The Kier molecular flexibility index (Phi) is 7.13. The first kappa shape index (κ1) is 23.4. The summed E-state index contributed by atoms with van der Waals surface area (Å²) >= 11 is 1.22. The van der Waals surface area contributed by atoms with Crippen molar-refractivity contribution in [3.8, 4) is 11.4 Å². The molecule has 0 radical (unpaired) electrons. The average molecular weight is 488 g/mol. The summed E-state index contributed by atoms with van der Waals surface area (Å²) in [7, 11) is -3.66. The Hall–Kier alpha value is -2.73. The molecule has 0 aliphatic carbocycles. The highest BCUT2D eigenvalue weighted by atomic mass is 32.2. The highest BCUT2D eigenvalue weighted by Gasteiger charge is 2.27. The minimum Gasteiger partial charge on any atom is -0.379 e. The molecule has 9 nitrogen and oxygen atoms in total. The molecule has 1 saturated heterocycles. The molecular formula is C22H25N5O4S2. The van der Waals surface area contributed by atoms with Gasteiger partial charge >= 0.3 is 0 Å². The minimum atomic E-state index is -3.66. The van der Waals surface area contributed by atoms with Crippen molar-refractivity contribution in [1.82, 2.24) is 19.1 Å². The highest BCUT2D eigenvalue weighted by molar-refractivity contribution is 8.00. The van der Waals surface area contributed by atoms with E-state index in [1.165, 1.54) is 16.1 Å². The Labute approximate surface area is 197 Å². The lowest BCUT2D eigenvalue weighted by Crippen LogP contribution is -2.40. The van der Waals surface area contributed by atoms with Gasteiger partial charge < -0.3 is 10.5 Å². The van der Waals surface area contributed by atoms with Gasteiger partial charge in [0.15, 0.2) is 11.0 Å². The molecule has 1 aromatic heterocycles. The molecule has 1 atom stereocenters. The lowest BCUT2D eigenvalue weighted by molar-refractivity contribution is -0.117. The third kappa shape index (κ3) is 5.27. The van der Waals surface area contributed by atoms with Crippen molar-refractivity contribution in [3.05, 3.63) is 60.2 Å². The summed E-state index contributed by atoms with van der Waals surface area (Å²) in [6.45, 7) is 3.57. The Morgan fingerprint density at radius 3 is 2.55 bits per heavy atom. The van der Waals surface area contributed by atoms with Gasteiger partial charge in [-0.3, -0.25) is 9.36 Å². The molecule has 1 aliphatic heterocycles. The predicted molar refractivity (Wildman–Crippen MR) is 125 cm³/mol. The smallest absolute Gasteiger partial charge is 0.243 e. The van der Waals surface area contributed by atoms with Gasteiger partial charge in [0, 0.05) is 18.7 Å². The number of primary amides is 1. The number of carbonyl (C=O) groups is 1. The molecule has 2 N–H and O–H groups in total. The molecule has 3 aromatic rings. The van der Waals surface area contributed by atoms with Crippen molar-refractivity contribution in [2.45, 2.75) is 28.8 Å². The van der Waals surface area contributed by atoms with Crippen LogP contribution in [-0.4, -0.2) is 64.9 Å². The van der Waals surface area contributed by atoms with E-state index in [9.17, 15) is 13.2 Å². The second-order valence-electron chi connectivity index (χ2n) is 7.58. The summed E-state index contributed by atoms with van der Waals surface area (Å²) in [6.07, 6.45) is 0. The van der Waals surface area contributed by atoms with Gasteiger partial charge in [0.25, 0.3) is 0 Å². The summed E-state index contributed by atoms with van der Waals surface area (Å²) in [4.78, 5) is 11.8. The van der Waals surface area contributed by atoms with Gasteiger partial charge in [0.1, 0.15) is 0 Å². The fraction of sp³-hybridized carbons (Fsp3) is 0.318. The summed E-state index contributed by atoms with van der Waals surface area (Å²) in [6, 6.07) is 16.5. The Morgan fingerprint density at radius 1 is 1.12 bits per heavy atom. The number of rotatable bonds is 8. The number of nitrogens with two attached hydrogens (primary N) is 1. The molecule has 2 heterocycles. The normalized spacial score (nSPS) is 15.9. The van der Waals surface area contributed by atoms with Crippen molar-refractivity contribution in [2.75, 3.05) is 26.3 Å². The van der Waals surface area contributed by atoms with Crippen LogP contribution >= 0.6 is 11.8 Å². The Balaban J connectivity index is 1.73. The molecule has 1 amide bonds. The quantitative estimate of drug-likeness (QED) is 0.482. The van der Waals surface area contributed by atoms with Crippen molar-refractivity contribution >= 4 is 27.7 Å². The maximum atomic E-state index is 13.1. The highest BCUT2D eigenvalue weighted by Crippen LogP contribution is 2.29. The Morgan fingerprint density at radius 2 is 1.85 bits per heavy atom. The first-order valence-electron chi connectivity index (χ1n) is 10.5. The zero-order valence-electron chi connectivity index (χ0n) is 18.1. The summed E-state index contributed by atoms with van der Waals surface area (Å²) in [5.41, 5.74) is 7.08. The number of sulfonamides is 1. The summed E-state index contributed by atoms with van der Waals surface area (Å²) in [5, 5.41) is 8.66. The largest absolute Gasteiger partial charge is 0.379 e. The summed E-state index contributed by atoms with van der Waals surface area (Å²) < 4.78 is 34.9. The molecule has 0 bridgehead atoms. The van der Waals surface area contributed by atoms with Crippen LogP contribution in [0.15, 0.2) is 64.6 Å². The van der Waals surface area contributed by atoms with E-state index in [1.807, 2.05) is 34.9 Å². The second kappa shape index (κ2) is 10.0. The molecule has 1 aliphatic rings. The van der Waals surface area contributed by atoms with Crippen LogP contribution in [-0.2, 0) is 26.1 Å². The molecule has 1 unspecified atom stereocenters. The maximum Gasteiger partial charge on any atom is 0.243 e. The number of aromatic nitrogens is 3. The van der Waals surface area contributed by atoms with Crippen LogP contribution in [0.3, 0.4) is 0 Å². The molecule has 11 heteroatoms. The van der Waals surface area contributed by atoms with E-state index in [-0.39, 0.29) is 4.90 Å². The zero-order valence-corrected chi connectivity index (χ0v) is 19.8. The third-order valence-electron chi connectivity index (χ3n) is 5.28. The molecule has 1 fully saturated rings. The molecule has 4 rings (SSSR count). The third-order valence-corrected chi connectivity index (χ3v) is 8.28. The minimum absolute atomic E-state index is 0.191. The number of thioether (sulfide) groups is 1. The van der Waals surface area contributed by atoms with E-state index in [1.54, 1.807) is 31.2 Å². The van der Waals surface area contributed by atoms with Gasteiger partial charge in [0.2, 0.25) is 15.9 Å². The predicted octanol–water partition coefficient (Wildman–Crippen LogP) is 1.98. The molecule has 174 valence electrons. The molecule has 33 heavy (non-hydrogen) atoms. The topological polar surface area (TPSA) is 120 Å². The lowest BCUT2D eigenvalue weighted by atomic mass is 10.2. The van der Waals surface area contributed by atoms with Crippen LogP contribution < -0.4 is 5.73 Å². The van der Waals surface area contributed by atoms with Crippen LogP contribution in [0.2, 0.25) is 0 Å². The molecule has 2 aromatic carbocycles. The standard InChI is InChI=1S/C22H25N5O4S2/c1-16(20(23)28)32-22-25-24-21(27(22)15-17-6-3-2-4-7-17)18-8-5-9-19(14-18)33(29,30)26-10-12-31-13-11-26/h2-9,14,16H,10-13,15H2,1H3,(H2,23,28). The number of hydrogen-bond acceptors (Lipinski definition) is 7. The van der Waals surface area contributed by atoms with Crippen molar-refractivity contribution in [1.29, 1.82) is 0 Å². The van der Waals surface area contributed by atoms with Gasteiger partial charge in [-0.1, -0.05) is 54.2 Å². The first-order valence-corrected chi connectivity index (χ1v) is 12.8. The van der Waals surface area contributed by atoms with Crippen LogP contribution in [0.25, 0.3) is 11.4 Å². The van der Waals surface area contributed by atoms with Gasteiger partial charge in [-0.15, -0.1) is 10.2 Å². The summed E-state index contributed by atoms with van der Waals surface area (Å²) in [5.74, 6) is 0.0615. The number of hydrogen-bond donors (Lipinski definition) is 1.